The zero-order valence-corrected chi connectivity index (χ0v) is 16.8. The molecule has 0 amide bonds. The van der Waals surface area contributed by atoms with Crippen molar-refractivity contribution in [3.8, 4) is 11.5 Å². The first-order valence-electron chi connectivity index (χ1n) is 8.49. The first kappa shape index (κ1) is 19.7. The van der Waals surface area contributed by atoms with E-state index in [1.807, 2.05) is 20.8 Å². The van der Waals surface area contributed by atoms with Gasteiger partial charge in [0.15, 0.2) is 0 Å². The van der Waals surface area contributed by atoms with Gasteiger partial charge in [0.05, 0.1) is 5.02 Å². The Labute approximate surface area is 168 Å². The number of H-pyrrole nitrogens is 1. The molecule has 7 heteroatoms. The molecule has 27 heavy (non-hydrogen) atoms. The van der Waals surface area contributed by atoms with Gasteiger partial charge >= 0.3 is 0 Å². The third-order valence-electron chi connectivity index (χ3n) is 4.56. The van der Waals surface area contributed by atoms with Gasteiger partial charge in [-0.1, -0.05) is 50.0 Å². The number of rotatable bonds is 5. The summed E-state index contributed by atoms with van der Waals surface area (Å²) in [4.78, 5) is 4.15. The Kier molecular flexibility index (Phi) is 5.47. The van der Waals surface area contributed by atoms with E-state index in [0.717, 1.165) is 0 Å². The predicted molar refractivity (Wildman–Crippen MR) is 106 cm³/mol. The predicted octanol–water partition coefficient (Wildman–Crippen LogP) is 5.38. The van der Waals surface area contributed by atoms with Gasteiger partial charge in [-0.25, -0.2) is 4.98 Å². The van der Waals surface area contributed by atoms with Crippen molar-refractivity contribution in [1.29, 1.82) is 0 Å². The van der Waals surface area contributed by atoms with E-state index in [4.69, 9.17) is 27.9 Å². The van der Waals surface area contributed by atoms with Crippen LogP contribution in [0, 0.1) is 5.41 Å². The number of nitrogens with one attached hydrogen (secondary N) is 1. The highest BCUT2D eigenvalue weighted by atomic mass is 35.5. The van der Waals surface area contributed by atoms with E-state index in [0.29, 0.717) is 32.9 Å². The van der Waals surface area contributed by atoms with Crippen LogP contribution in [0.5, 0.6) is 11.5 Å². The van der Waals surface area contributed by atoms with E-state index in [1.54, 1.807) is 42.5 Å². The maximum atomic E-state index is 11.6. The lowest BCUT2D eigenvalue weighted by molar-refractivity contribution is -0.0653. The summed E-state index contributed by atoms with van der Waals surface area (Å²) in [6, 6.07) is 12.3. The molecule has 0 aliphatic heterocycles. The fourth-order valence-corrected chi connectivity index (χ4v) is 3.31. The number of hydrogen-bond acceptors (Lipinski definition) is 4. The van der Waals surface area contributed by atoms with Gasteiger partial charge in [-0.3, -0.25) is 5.10 Å². The van der Waals surface area contributed by atoms with Gasteiger partial charge in [0.2, 0.25) is 0 Å². The number of halogens is 2. The van der Waals surface area contributed by atoms with Gasteiger partial charge in [0, 0.05) is 17.0 Å². The van der Waals surface area contributed by atoms with E-state index < -0.39 is 11.0 Å². The minimum Gasteiger partial charge on any atom is -0.457 e. The lowest BCUT2D eigenvalue weighted by Gasteiger charge is -2.41. The van der Waals surface area contributed by atoms with Crippen molar-refractivity contribution in [2.24, 2.45) is 5.41 Å². The summed E-state index contributed by atoms with van der Waals surface area (Å²) in [5, 5.41) is 19.3. The lowest BCUT2D eigenvalue weighted by atomic mass is 9.70. The van der Waals surface area contributed by atoms with Gasteiger partial charge in [0.1, 0.15) is 29.3 Å². The van der Waals surface area contributed by atoms with Gasteiger partial charge in [-0.2, -0.15) is 5.10 Å². The van der Waals surface area contributed by atoms with Crippen LogP contribution in [0.2, 0.25) is 10.0 Å². The number of nitrogens with zero attached hydrogens (tertiary/aromatic N) is 2. The number of hydrogen-bond donors (Lipinski definition) is 2. The summed E-state index contributed by atoms with van der Waals surface area (Å²) in [5.74, 6) is 1.81. The highest BCUT2D eigenvalue weighted by Gasteiger charge is 2.43. The first-order valence-corrected chi connectivity index (χ1v) is 9.25. The molecule has 0 radical (unpaired) electrons. The standard InChI is InChI=1S/C20H21Cl2N3O2/c1-19(2,3)20(26,11-18-23-12-24-25-18)16-9-8-15(10-17(16)22)27-14-6-4-13(21)5-7-14/h4-10,12,26H,11H2,1-3H3,(H,23,24,25)/t20-/m0/s1. The highest BCUT2D eigenvalue weighted by molar-refractivity contribution is 6.31. The van der Waals surface area contributed by atoms with E-state index in [1.165, 1.54) is 6.33 Å². The van der Waals surface area contributed by atoms with Crippen LogP contribution in [0.4, 0.5) is 0 Å². The van der Waals surface area contributed by atoms with Crippen molar-refractivity contribution in [1.82, 2.24) is 15.2 Å². The molecule has 142 valence electrons. The van der Waals surface area contributed by atoms with Crippen LogP contribution in [0.1, 0.15) is 32.2 Å². The van der Waals surface area contributed by atoms with Crippen LogP contribution in [-0.4, -0.2) is 20.3 Å². The maximum absolute atomic E-state index is 11.6. The van der Waals surface area contributed by atoms with Crippen LogP contribution in [0.25, 0.3) is 0 Å². The Morgan fingerprint density at radius 3 is 2.26 bits per heavy atom. The monoisotopic (exact) mass is 405 g/mol. The fourth-order valence-electron chi connectivity index (χ4n) is 2.86. The average molecular weight is 406 g/mol. The molecule has 0 saturated carbocycles. The zero-order chi connectivity index (χ0) is 19.7. The topological polar surface area (TPSA) is 71.0 Å². The molecule has 1 aromatic heterocycles. The van der Waals surface area contributed by atoms with Crippen molar-refractivity contribution in [2.75, 3.05) is 0 Å². The average Bonchev–Trinajstić information content (AvgIpc) is 3.09. The summed E-state index contributed by atoms with van der Waals surface area (Å²) in [6.07, 6.45) is 1.68. The Balaban J connectivity index is 1.93. The third-order valence-corrected chi connectivity index (χ3v) is 5.13. The van der Waals surface area contributed by atoms with E-state index in [2.05, 4.69) is 15.2 Å². The molecule has 0 spiro atoms. The molecule has 2 aromatic carbocycles. The highest BCUT2D eigenvalue weighted by Crippen LogP contribution is 2.45. The molecule has 3 rings (SSSR count). The van der Waals surface area contributed by atoms with Gasteiger partial charge in [-0.15, -0.1) is 0 Å². The zero-order valence-electron chi connectivity index (χ0n) is 15.3. The van der Waals surface area contributed by atoms with E-state index in [-0.39, 0.29) is 6.42 Å². The summed E-state index contributed by atoms with van der Waals surface area (Å²) in [6.45, 7) is 5.87. The minimum absolute atomic E-state index is 0.258. The van der Waals surface area contributed by atoms with Gasteiger partial charge in [-0.05, 0) is 41.8 Å². The van der Waals surface area contributed by atoms with Crippen molar-refractivity contribution in [3.05, 3.63) is 70.2 Å². The third kappa shape index (κ3) is 4.26. The Morgan fingerprint density at radius 1 is 1.04 bits per heavy atom. The molecule has 2 N–H and O–H groups in total. The number of benzene rings is 2. The largest absolute Gasteiger partial charge is 0.457 e. The van der Waals surface area contributed by atoms with Crippen LogP contribution < -0.4 is 4.74 Å². The van der Waals surface area contributed by atoms with Crippen LogP contribution >= 0.6 is 23.2 Å². The van der Waals surface area contributed by atoms with Crippen molar-refractivity contribution < 1.29 is 9.84 Å². The molecule has 0 saturated heterocycles. The van der Waals surface area contributed by atoms with E-state index in [9.17, 15) is 5.11 Å². The molecule has 1 atom stereocenters. The van der Waals surface area contributed by atoms with Crippen molar-refractivity contribution in [2.45, 2.75) is 32.8 Å². The molecule has 0 aliphatic carbocycles. The second-order valence-electron chi connectivity index (χ2n) is 7.42. The second-order valence-corrected chi connectivity index (χ2v) is 8.26. The summed E-state index contributed by atoms with van der Waals surface area (Å²) in [5.41, 5.74) is -1.14. The van der Waals surface area contributed by atoms with E-state index >= 15 is 0 Å². The second kappa shape index (κ2) is 7.50. The summed E-state index contributed by atoms with van der Waals surface area (Å²) >= 11 is 12.4. The molecule has 3 aromatic rings. The lowest BCUT2D eigenvalue weighted by Crippen LogP contribution is -2.42. The molecular weight excluding hydrogens is 385 g/mol. The summed E-state index contributed by atoms with van der Waals surface area (Å²) < 4.78 is 5.82. The molecule has 0 bridgehead atoms. The van der Waals surface area contributed by atoms with Crippen molar-refractivity contribution >= 4 is 23.2 Å². The molecular formula is C20H21Cl2N3O2. The van der Waals surface area contributed by atoms with Gasteiger partial charge < -0.3 is 9.84 Å². The van der Waals surface area contributed by atoms with Crippen LogP contribution in [0.3, 0.4) is 0 Å². The van der Waals surface area contributed by atoms with Gasteiger partial charge in [0.25, 0.3) is 0 Å². The first-order chi connectivity index (χ1) is 12.7. The SMILES string of the molecule is CC(C)(C)[C@](O)(Cc1ncn[nH]1)c1ccc(Oc2ccc(Cl)cc2)cc1Cl. The Hall–Kier alpha value is -2.08. The minimum atomic E-state index is -1.25. The molecule has 0 unspecified atom stereocenters. The smallest absolute Gasteiger partial charge is 0.137 e. The Morgan fingerprint density at radius 2 is 1.70 bits per heavy atom. The molecule has 1 heterocycles. The fraction of sp³-hybridized carbons (Fsp3) is 0.300. The maximum Gasteiger partial charge on any atom is 0.137 e. The Bertz CT molecular complexity index is 906. The number of ether oxygens (including phenoxy) is 1. The van der Waals surface area contributed by atoms with Crippen LogP contribution in [-0.2, 0) is 12.0 Å². The molecule has 0 aliphatic rings. The molecule has 0 fully saturated rings. The summed E-state index contributed by atoms with van der Waals surface area (Å²) in [7, 11) is 0. The quantitative estimate of drug-likeness (QED) is 0.597. The number of aromatic nitrogens is 3. The number of aliphatic hydroxyl groups is 1. The van der Waals surface area contributed by atoms with Crippen molar-refractivity contribution in [3.63, 3.8) is 0 Å². The number of aromatic amines is 1. The normalized spacial score (nSPS) is 14.0. The van der Waals surface area contributed by atoms with Crippen LogP contribution in [0.15, 0.2) is 48.8 Å². The molecule has 5 nitrogen and oxygen atoms in total.